The van der Waals surface area contributed by atoms with Gasteiger partial charge < -0.3 is 0 Å². The van der Waals surface area contributed by atoms with E-state index in [1.807, 2.05) is 41.2 Å². The minimum atomic E-state index is 0.454. The van der Waals surface area contributed by atoms with Crippen molar-refractivity contribution in [3.63, 3.8) is 0 Å². The summed E-state index contributed by atoms with van der Waals surface area (Å²) in [6, 6.07) is 18.4. The lowest BCUT2D eigenvalue weighted by Gasteiger charge is -2.01. The first-order chi connectivity index (χ1) is 9.78. The Kier molecular flexibility index (Phi) is 3.57. The zero-order valence-corrected chi connectivity index (χ0v) is 12.0. The van der Waals surface area contributed by atoms with Gasteiger partial charge in [-0.15, -0.1) is 11.6 Å². The van der Waals surface area contributed by atoms with Crippen LogP contribution in [0.15, 0.2) is 60.8 Å². The van der Waals surface area contributed by atoms with Crippen LogP contribution >= 0.6 is 11.6 Å². The van der Waals surface area contributed by atoms with Gasteiger partial charge in [0.1, 0.15) is 0 Å². The molecule has 2 nitrogen and oxygen atoms in total. The Hall–Kier alpha value is -2.06. The van der Waals surface area contributed by atoms with Gasteiger partial charge in [-0.3, -0.25) is 0 Å². The van der Waals surface area contributed by atoms with Crippen molar-refractivity contribution in [1.82, 2.24) is 9.78 Å². The maximum absolute atomic E-state index is 6.06. The molecule has 0 unspecified atom stereocenters. The van der Waals surface area contributed by atoms with Crippen molar-refractivity contribution in [2.45, 2.75) is 12.8 Å². The molecular formula is C17H15ClN2. The van der Waals surface area contributed by atoms with Gasteiger partial charge in [-0.1, -0.05) is 48.0 Å². The van der Waals surface area contributed by atoms with E-state index in [-0.39, 0.29) is 0 Å². The maximum Gasteiger partial charge on any atom is 0.0971 e. The van der Waals surface area contributed by atoms with Crippen molar-refractivity contribution in [3.8, 4) is 16.9 Å². The number of halogens is 1. The van der Waals surface area contributed by atoms with Gasteiger partial charge >= 0.3 is 0 Å². The lowest BCUT2D eigenvalue weighted by atomic mass is 10.1. The highest BCUT2D eigenvalue weighted by atomic mass is 35.5. The monoisotopic (exact) mass is 282 g/mol. The number of nitrogens with zero attached hydrogens (tertiary/aromatic N) is 2. The zero-order chi connectivity index (χ0) is 13.9. The van der Waals surface area contributed by atoms with Crippen LogP contribution < -0.4 is 0 Å². The van der Waals surface area contributed by atoms with Gasteiger partial charge in [-0.2, -0.15) is 5.10 Å². The van der Waals surface area contributed by atoms with Crippen LogP contribution in [-0.4, -0.2) is 9.78 Å². The number of para-hydroxylation sites is 1. The molecule has 2 aromatic carbocycles. The summed E-state index contributed by atoms with van der Waals surface area (Å²) in [6.07, 6.45) is 2.00. The molecule has 0 N–H and O–H groups in total. The van der Waals surface area contributed by atoms with Crippen LogP contribution in [0.2, 0.25) is 0 Å². The van der Waals surface area contributed by atoms with E-state index in [4.69, 9.17) is 11.6 Å². The molecule has 0 saturated heterocycles. The largest absolute Gasteiger partial charge is 0.240 e. The van der Waals surface area contributed by atoms with Crippen LogP contribution in [0, 0.1) is 6.92 Å². The van der Waals surface area contributed by atoms with Crippen LogP contribution in [0.25, 0.3) is 16.9 Å². The summed E-state index contributed by atoms with van der Waals surface area (Å²) in [5, 5.41) is 4.68. The lowest BCUT2D eigenvalue weighted by molar-refractivity contribution is 0.884. The highest BCUT2D eigenvalue weighted by molar-refractivity contribution is 6.17. The van der Waals surface area contributed by atoms with Crippen LogP contribution in [0.3, 0.4) is 0 Å². The molecule has 3 aromatic rings. The SMILES string of the molecule is Cc1ccc(-c2nn(-c3ccccc3)cc2CCl)cc1. The fraction of sp³-hybridized carbons (Fsp3) is 0.118. The lowest BCUT2D eigenvalue weighted by Crippen LogP contribution is -1.93. The molecule has 3 rings (SSSR count). The molecule has 0 saturated carbocycles. The van der Waals surface area contributed by atoms with Gasteiger partial charge in [0.25, 0.3) is 0 Å². The second-order valence-electron chi connectivity index (χ2n) is 4.78. The molecule has 1 heterocycles. The van der Waals surface area contributed by atoms with E-state index < -0.39 is 0 Å². The van der Waals surface area contributed by atoms with E-state index in [0.29, 0.717) is 5.88 Å². The molecule has 3 heteroatoms. The third kappa shape index (κ3) is 2.47. The summed E-state index contributed by atoms with van der Waals surface area (Å²) in [7, 11) is 0. The molecule has 0 aliphatic carbocycles. The van der Waals surface area contributed by atoms with E-state index in [9.17, 15) is 0 Å². The summed E-state index contributed by atoms with van der Waals surface area (Å²) in [5.41, 5.74) is 5.37. The van der Waals surface area contributed by atoms with Gasteiger partial charge in [-0.05, 0) is 19.1 Å². The van der Waals surface area contributed by atoms with Crippen molar-refractivity contribution < 1.29 is 0 Å². The highest BCUT2D eigenvalue weighted by Crippen LogP contribution is 2.25. The number of hydrogen-bond acceptors (Lipinski definition) is 1. The van der Waals surface area contributed by atoms with Crippen LogP contribution in [0.1, 0.15) is 11.1 Å². The van der Waals surface area contributed by atoms with Crippen molar-refractivity contribution >= 4 is 11.6 Å². The van der Waals surface area contributed by atoms with Crippen LogP contribution in [-0.2, 0) is 5.88 Å². The number of hydrogen-bond donors (Lipinski definition) is 0. The summed E-state index contributed by atoms with van der Waals surface area (Å²) in [4.78, 5) is 0. The average Bonchev–Trinajstić information content (AvgIpc) is 2.93. The standard InChI is InChI=1S/C17H15ClN2/c1-13-7-9-14(10-8-13)17-15(11-18)12-20(19-17)16-5-3-2-4-6-16/h2-10,12H,11H2,1H3. The quantitative estimate of drug-likeness (QED) is 0.643. The summed E-state index contributed by atoms with van der Waals surface area (Å²) >= 11 is 6.06. The van der Waals surface area contributed by atoms with Crippen molar-refractivity contribution in [3.05, 3.63) is 71.9 Å². The normalized spacial score (nSPS) is 10.7. The van der Waals surface area contributed by atoms with E-state index >= 15 is 0 Å². The van der Waals surface area contributed by atoms with Crippen molar-refractivity contribution in [2.24, 2.45) is 0 Å². The number of aryl methyl sites for hydroxylation is 1. The van der Waals surface area contributed by atoms with Gasteiger partial charge in [0.15, 0.2) is 0 Å². The Morgan fingerprint density at radius 3 is 2.35 bits per heavy atom. The highest BCUT2D eigenvalue weighted by Gasteiger charge is 2.11. The van der Waals surface area contributed by atoms with Gasteiger partial charge in [0.2, 0.25) is 0 Å². The Bertz CT molecular complexity index is 700. The number of rotatable bonds is 3. The minimum absolute atomic E-state index is 0.454. The first kappa shape index (κ1) is 12.9. The number of benzene rings is 2. The molecule has 0 fully saturated rings. The second kappa shape index (κ2) is 5.51. The van der Waals surface area contributed by atoms with Crippen LogP contribution in [0.5, 0.6) is 0 Å². The van der Waals surface area contributed by atoms with E-state index in [1.165, 1.54) is 5.56 Å². The van der Waals surface area contributed by atoms with E-state index in [2.05, 4.69) is 36.3 Å². The Morgan fingerprint density at radius 2 is 1.70 bits per heavy atom. The summed E-state index contributed by atoms with van der Waals surface area (Å²) < 4.78 is 1.88. The molecule has 0 bridgehead atoms. The molecule has 20 heavy (non-hydrogen) atoms. The molecule has 1 aromatic heterocycles. The molecule has 0 amide bonds. The predicted molar refractivity (Wildman–Crippen MR) is 83.3 cm³/mol. The topological polar surface area (TPSA) is 17.8 Å². The van der Waals surface area contributed by atoms with Crippen molar-refractivity contribution in [1.29, 1.82) is 0 Å². The first-order valence-corrected chi connectivity index (χ1v) is 7.08. The smallest absolute Gasteiger partial charge is 0.0971 e. The molecule has 0 spiro atoms. The zero-order valence-electron chi connectivity index (χ0n) is 11.3. The average molecular weight is 283 g/mol. The molecule has 0 aliphatic rings. The second-order valence-corrected chi connectivity index (χ2v) is 5.05. The fourth-order valence-electron chi connectivity index (χ4n) is 2.17. The number of alkyl halides is 1. The van der Waals surface area contributed by atoms with Crippen molar-refractivity contribution in [2.75, 3.05) is 0 Å². The van der Waals surface area contributed by atoms with Gasteiger partial charge in [0.05, 0.1) is 17.3 Å². The minimum Gasteiger partial charge on any atom is -0.240 e. The Morgan fingerprint density at radius 1 is 1.00 bits per heavy atom. The molecule has 100 valence electrons. The van der Waals surface area contributed by atoms with Gasteiger partial charge in [0, 0.05) is 17.3 Å². The van der Waals surface area contributed by atoms with Gasteiger partial charge in [-0.25, -0.2) is 4.68 Å². The third-order valence-corrected chi connectivity index (χ3v) is 3.57. The maximum atomic E-state index is 6.06. The molecular weight excluding hydrogens is 268 g/mol. The molecule has 0 aliphatic heterocycles. The fourth-order valence-corrected chi connectivity index (χ4v) is 2.37. The first-order valence-electron chi connectivity index (χ1n) is 6.55. The Labute approximate surface area is 123 Å². The molecule has 0 radical (unpaired) electrons. The van der Waals surface area contributed by atoms with E-state index in [0.717, 1.165) is 22.5 Å². The van der Waals surface area contributed by atoms with E-state index in [1.54, 1.807) is 0 Å². The number of aromatic nitrogens is 2. The summed E-state index contributed by atoms with van der Waals surface area (Å²) in [6.45, 7) is 2.08. The predicted octanol–water partition coefficient (Wildman–Crippen LogP) is 4.59. The van der Waals surface area contributed by atoms with Crippen LogP contribution in [0.4, 0.5) is 0 Å². The summed E-state index contributed by atoms with van der Waals surface area (Å²) in [5.74, 6) is 0.454. The molecule has 0 atom stereocenters. The third-order valence-electron chi connectivity index (χ3n) is 3.28. The Balaban J connectivity index is 2.07.